The SMILES string of the molecule is CCc1ccc(C(=O)CNc2ccccc2F)cc1. The summed E-state index contributed by atoms with van der Waals surface area (Å²) < 4.78 is 13.4. The molecule has 0 fully saturated rings. The molecule has 0 heterocycles. The molecule has 98 valence electrons. The summed E-state index contributed by atoms with van der Waals surface area (Å²) in [4.78, 5) is 11.9. The molecule has 1 N–H and O–H groups in total. The van der Waals surface area contributed by atoms with Gasteiger partial charge in [0.1, 0.15) is 5.82 Å². The number of para-hydroxylation sites is 1. The zero-order valence-corrected chi connectivity index (χ0v) is 10.8. The Kier molecular flexibility index (Phi) is 4.29. The van der Waals surface area contributed by atoms with Crippen molar-refractivity contribution in [3.63, 3.8) is 0 Å². The number of aryl methyl sites for hydroxylation is 1. The van der Waals surface area contributed by atoms with Crippen molar-refractivity contribution >= 4 is 11.5 Å². The first-order valence-electron chi connectivity index (χ1n) is 6.31. The smallest absolute Gasteiger partial charge is 0.181 e. The highest BCUT2D eigenvalue weighted by Gasteiger charge is 2.07. The van der Waals surface area contributed by atoms with Crippen molar-refractivity contribution in [2.75, 3.05) is 11.9 Å². The van der Waals surface area contributed by atoms with Gasteiger partial charge in [0.15, 0.2) is 5.78 Å². The number of carbonyl (C=O) groups excluding carboxylic acids is 1. The quantitative estimate of drug-likeness (QED) is 0.828. The number of hydrogen-bond acceptors (Lipinski definition) is 2. The van der Waals surface area contributed by atoms with Gasteiger partial charge in [-0.25, -0.2) is 4.39 Å². The minimum Gasteiger partial charge on any atom is -0.375 e. The Balaban J connectivity index is 1.99. The van der Waals surface area contributed by atoms with E-state index in [0.29, 0.717) is 11.3 Å². The summed E-state index contributed by atoms with van der Waals surface area (Å²) in [6, 6.07) is 13.8. The number of ketones is 1. The second-order valence-corrected chi connectivity index (χ2v) is 4.31. The molecular formula is C16H16FNO. The van der Waals surface area contributed by atoms with Crippen molar-refractivity contribution in [3.8, 4) is 0 Å². The van der Waals surface area contributed by atoms with E-state index in [1.807, 2.05) is 24.3 Å². The highest BCUT2D eigenvalue weighted by Crippen LogP contribution is 2.12. The van der Waals surface area contributed by atoms with Crippen molar-refractivity contribution in [2.45, 2.75) is 13.3 Å². The topological polar surface area (TPSA) is 29.1 Å². The summed E-state index contributed by atoms with van der Waals surface area (Å²) in [5.74, 6) is -0.400. The maximum atomic E-state index is 13.4. The van der Waals surface area contributed by atoms with Crippen LogP contribution in [0.15, 0.2) is 48.5 Å². The lowest BCUT2D eigenvalue weighted by Crippen LogP contribution is -2.14. The molecular weight excluding hydrogens is 241 g/mol. The Labute approximate surface area is 112 Å². The number of benzene rings is 2. The van der Waals surface area contributed by atoms with Crippen LogP contribution in [-0.2, 0) is 6.42 Å². The molecule has 2 aromatic rings. The minimum atomic E-state index is -0.350. The van der Waals surface area contributed by atoms with Crippen LogP contribution in [0.1, 0.15) is 22.8 Å². The normalized spacial score (nSPS) is 10.2. The van der Waals surface area contributed by atoms with Gasteiger partial charge in [-0.1, -0.05) is 43.3 Å². The molecule has 0 radical (unpaired) electrons. The van der Waals surface area contributed by atoms with Crippen LogP contribution in [0.3, 0.4) is 0 Å². The zero-order valence-electron chi connectivity index (χ0n) is 10.8. The first-order chi connectivity index (χ1) is 9.20. The van der Waals surface area contributed by atoms with Crippen LogP contribution in [0.4, 0.5) is 10.1 Å². The molecule has 2 aromatic carbocycles. The van der Waals surface area contributed by atoms with Gasteiger partial charge in [-0.3, -0.25) is 4.79 Å². The van der Waals surface area contributed by atoms with E-state index in [4.69, 9.17) is 0 Å². The maximum absolute atomic E-state index is 13.4. The molecule has 3 heteroatoms. The molecule has 0 unspecified atom stereocenters. The first-order valence-corrected chi connectivity index (χ1v) is 6.31. The molecule has 0 amide bonds. The molecule has 0 saturated carbocycles. The molecule has 0 atom stereocenters. The van der Waals surface area contributed by atoms with Crippen LogP contribution in [0.2, 0.25) is 0 Å². The van der Waals surface area contributed by atoms with E-state index in [2.05, 4.69) is 12.2 Å². The van der Waals surface area contributed by atoms with Gasteiger partial charge in [-0.15, -0.1) is 0 Å². The summed E-state index contributed by atoms with van der Waals surface area (Å²) in [5.41, 5.74) is 2.18. The maximum Gasteiger partial charge on any atom is 0.181 e. The van der Waals surface area contributed by atoms with Crippen molar-refractivity contribution < 1.29 is 9.18 Å². The molecule has 0 aromatic heterocycles. The van der Waals surface area contributed by atoms with Gasteiger partial charge in [-0.05, 0) is 24.1 Å². The van der Waals surface area contributed by atoms with Gasteiger partial charge in [0.2, 0.25) is 0 Å². The summed E-state index contributed by atoms with van der Waals surface area (Å²) in [6.45, 7) is 2.16. The van der Waals surface area contributed by atoms with Crippen molar-refractivity contribution in [1.29, 1.82) is 0 Å². The summed E-state index contributed by atoms with van der Waals surface area (Å²) in [7, 11) is 0. The molecule has 0 aliphatic rings. The molecule has 0 bridgehead atoms. The monoisotopic (exact) mass is 257 g/mol. The average Bonchev–Trinajstić information content (AvgIpc) is 2.46. The molecule has 2 nitrogen and oxygen atoms in total. The second kappa shape index (κ2) is 6.14. The lowest BCUT2D eigenvalue weighted by Gasteiger charge is -2.07. The first kappa shape index (κ1) is 13.3. The molecule has 2 rings (SSSR count). The molecule has 0 spiro atoms. The number of carbonyl (C=O) groups is 1. The zero-order chi connectivity index (χ0) is 13.7. The number of halogens is 1. The second-order valence-electron chi connectivity index (χ2n) is 4.31. The van der Waals surface area contributed by atoms with Crippen LogP contribution in [0, 0.1) is 5.82 Å². The van der Waals surface area contributed by atoms with Crippen molar-refractivity contribution in [1.82, 2.24) is 0 Å². The summed E-state index contributed by atoms with van der Waals surface area (Å²) in [5, 5.41) is 2.82. The highest BCUT2D eigenvalue weighted by atomic mass is 19.1. The van der Waals surface area contributed by atoms with Gasteiger partial charge in [-0.2, -0.15) is 0 Å². The number of nitrogens with one attached hydrogen (secondary N) is 1. The summed E-state index contributed by atoms with van der Waals surface area (Å²) in [6.07, 6.45) is 0.946. The fourth-order valence-electron chi connectivity index (χ4n) is 1.81. The highest BCUT2D eigenvalue weighted by molar-refractivity contribution is 5.99. The van der Waals surface area contributed by atoms with Crippen molar-refractivity contribution in [3.05, 3.63) is 65.5 Å². The molecule has 0 aliphatic heterocycles. The predicted molar refractivity (Wildman–Crippen MR) is 75.0 cm³/mol. The fraction of sp³-hybridized carbons (Fsp3) is 0.188. The Bertz CT molecular complexity index is 563. The van der Waals surface area contributed by atoms with Gasteiger partial charge in [0, 0.05) is 5.56 Å². The summed E-state index contributed by atoms with van der Waals surface area (Å²) >= 11 is 0. The van der Waals surface area contributed by atoms with E-state index < -0.39 is 0 Å². The molecule has 0 saturated heterocycles. The number of rotatable bonds is 5. The van der Waals surface area contributed by atoms with Gasteiger partial charge in [0.05, 0.1) is 12.2 Å². The third-order valence-corrected chi connectivity index (χ3v) is 3.00. The van der Waals surface area contributed by atoms with Gasteiger partial charge in [0.25, 0.3) is 0 Å². The average molecular weight is 257 g/mol. The van der Waals surface area contributed by atoms with E-state index in [9.17, 15) is 9.18 Å². The Morgan fingerprint density at radius 3 is 2.42 bits per heavy atom. The van der Waals surface area contributed by atoms with E-state index in [1.54, 1.807) is 18.2 Å². The molecule has 0 aliphatic carbocycles. The van der Waals surface area contributed by atoms with E-state index >= 15 is 0 Å². The van der Waals surface area contributed by atoms with Crippen LogP contribution in [-0.4, -0.2) is 12.3 Å². The number of hydrogen-bond donors (Lipinski definition) is 1. The van der Waals surface area contributed by atoms with E-state index in [1.165, 1.54) is 11.6 Å². The van der Waals surface area contributed by atoms with Crippen LogP contribution < -0.4 is 5.32 Å². The van der Waals surface area contributed by atoms with Crippen LogP contribution >= 0.6 is 0 Å². The van der Waals surface area contributed by atoms with Crippen LogP contribution in [0.5, 0.6) is 0 Å². The fourth-order valence-corrected chi connectivity index (χ4v) is 1.81. The van der Waals surface area contributed by atoms with E-state index in [-0.39, 0.29) is 18.1 Å². The largest absolute Gasteiger partial charge is 0.375 e. The standard InChI is InChI=1S/C16H16FNO/c1-2-12-7-9-13(10-8-12)16(19)11-18-15-6-4-3-5-14(15)17/h3-10,18H,2,11H2,1H3. The lowest BCUT2D eigenvalue weighted by molar-refractivity contribution is 0.101. The lowest BCUT2D eigenvalue weighted by atomic mass is 10.1. The molecule has 19 heavy (non-hydrogen) atoms. The Hall–Kier alpha value is -2.16. The van der Waals surface area contributed by atoms with E-state index in [0.717, 1.165) is 6.42 Å². The van der Waals surface area contributed by atoms with Crippen LogP contribution in [0.25, 0.3) is 0 Å². The number of anilines is 1. The third kappa shape index (κ3) is 3.41. The Morgan fingerprint density at radius 2 is 1.79 bits per heavy atom. The minimum absolute atomic E-state index is 0.0501. The Morgan fingerprint density at radius 1 is 1.11 bits per heavy atom. The number of Topliss-reactive ketones (excluding diaryl/α,β-unsaturated/α-hetero) is 1. The van der Waals surface area contributed by atoms with Gasteiger partial charge >= 0.3 is 0 Å². The van der Waals surface area contributed by atoms with Gasteiger partial charge < -0.3 is 5.32 Å². The van der Waals surface area contributed by atoms with Crippen molar-refractivity contribution in [2.24, 2.45) is 0 Å². The predicted octanol–water partition coefficient (Wildman–Crippen LogP) is 3.68. The third-order valence-electron chi connectivity index (χ3n) is 3.00.